The van der Waals surface area contributed by atoms with Gasteiger partial charge < -0.3 is 4.90 Å². The van der Waals surface area contributed by atoms with Gasteiger partial charge in [-0.05, 0) is 44.0 Å². The molecule has 6 heteroatoms. The Labute approximate surface area is 174 Å². The van der Waals surface area contributed by atoms with Crippen LogP contribution in [-0.2, 0) is 17.8 Å². The number of anilines is 1. The number of allylic oxidation sites excluding steroid dienone is 1. The lowest BCUT2D eigenvalue weighted by molar-refractivity contribution is -0.118. The number of hydrogen-bond acceptors (Lipinski definition) is 4. The van der Waals surface area contributed by atoms with Crippen LogP contribution in [0.4, 0.5) is 5.69 Å². The molecule has 0 N–H and O–H groups in total. The van der Waals surface area contributed by atoms with E-state index < -0.39 is 0 Å². The summed E-state index contributed by atoms with van der Waals surface area (Å²) < 4.78 is 1.59. The number of hydrogen-bond donors (Lipinski definition) is 0. The fraction of sp³-hybridized carbons (Fsp3) is 0.261. The molecule has 1 aromatic heterocycles. The average molecular weight is 406 g/mol. The molecule has 0 unspecified atom stereocenters. The van der Waals surface area contributed by atoms with Gasteiger partial charge in [-0.15, -0.1) is 6.58 Å². The largest absolute Gasteiger partial charge is 0.308 e. The molecule has 148 valence electrons. The van der Waals surface area contributed by atoms with Crippen LogP contribution in [-0.4, -0.2) is 26.8 Å². The number of carbonyl (C=O) groups is 1. The van der Waals surface area contributed by atoms with Crippen LogP contribution >= 0.6 is 11.8 Å². The van der Waals surface area contributed by atoms with Crippen molar-refractivity contribution in [3.8, 4) is 0 Å². The van der Waals surface area contributed by atoms with Crippen molar-refractivity contribution in [2.24, 2.45) is 0 Å². The maximum atomic E-state index is 13.3. The van der Waals surface area contributed by atoms with Gasteiger partial charge in [-0.1, -0.05) is 48.2 Å². The van der Waals surface area contributed by atoms with Crippen molar-refractivity contribution < 1.29 is 4.79 Å². The number of fused-ring (bicyclic) bond motifs is 2. The predicted octanol–water partition coefficient (Wildman–Crippen LogP) is 4.04. The highest BCUT2D eigenvalue weighted by atomic mass is 32.2. The van der Waals surface area contributed by atoms with E-state index in [9.17, 15) is 9.59 Å². The van der Waals surface area contributed by atoms with Gasteiger partial charge in [-0.3, -0.25) is 14.2 Å². The zero-order chi connectivity index (χ0) is 20.5. The second-order valence-electron chi connectivity index (χ2n) is 7.27. The highest BCUT2D eigenvalue weighted by molar-refractivity contribution is 8.00. The van der Waals surface area contributed by atoms with Gasteiger partial charge in [0.2, 0.25) is 5.91 Å². The molecule has 1 amide bonds. The number of carbonyl (C=O) groups excluding carboxylic acids is 1. The van der Waals surface area contributed by atoms with Gasteiger partial charge in [0.1, 0.15) is 0 Å². The van der Waals surface area contributed by atoms with Gasteiger partial charge in [0.05, 0.1) is 16.2 Å². The molecule has 2 atom stereocenters. The van der Waals surface area contributed by atoms with Crippen LogP contribution in [0.5, 0.6) is 0 Å². The molecule has 0 aliphatic carbocycles. The molecule has 0 fully saturated rings. The van der Waals surface area contributed by atoms with E-state index in [1.54, 1.807) is 16.7 Å². The van der Waals surface area contributed by atoms with Crippen LogP contribution < -0.4 is 10.5 Å². The number of para-hydroxylation sites is 2. The second kappa shape index (κ2) is 7.87. The topological polar surface area (TPSA) is 55.2 Å². The highest BCUT2D eigenvalue weighted by Crippen LogP contribution is 2.34. The molecule has 2 heterocycles. The van der Waals surface area contributed by atoms with Gasteiger partial charge in [-0.25, -0.2) is 4.98 Å². The molecule has 0 saturated heterocycles. The quantitative estimate of drug-likeness (QED) is 0.365. The van der Waals surface area contributed by atoms with E-state index in [2.05, 4.69) is 24.6 Å². The monoisotopic (exact) mass is 405 g/mol. The van der Waals surface area contributed by atoms with E-state index in [4.69, 9.17) is 0 Å². The minimum Gasteiger partial charge on any atom is -0.308 e. The number of rotatable bonds is 5. The molecule has 0 bridgehead atoms. The zero-order valence-electron chi connectivity index (χ0n) is 16.5. The van der Waals surface area contributed by atoms with Crippen molar-refractivity contribution in [2.75, 3.05) is 4.90 Å². The van der Waals surface area contributed by atoms with Crippen molar-refractivity contribution in [3.05, 3.63) is 77.1 Å². The molecule has 5 nitrogen and oxygen atoms in total. The first-order valence-corrected chi connectivity index (χ1v) is 10.6. The minimum absolute atomic E-state index is 0.0278. The molecule has 3 aromatic rings. The normalized spacial score (nSPS) is 16.6. The van der Waals surface area contributed by atoms with Gasteiger partial charge in [-0.2, -0.15) is 0 Å². The van der Waals surface area contributed by atoms with Gasteiger partial charge >= 0.3 is 0 Å². The number of nitrogens with zero attached hydrogens (tertiary/aromatic N) is 3. The Morgan fingerprint density at radius 3 is 2.79 bits per heavy atom. The number of aromatic nitrogens is 2. The molecular formula is C23H23N3O2S. The Balaban J connectivity index is 1.68. The van der Waals surface area contributed by atoms with Crippen LogP contribution in [0.3, 0.4) is 0 Å². The summed E-state index contributed by atoms with van der Waals surface area (Å²) in [6.07, 6.45) is 2.53. The standard InChI is InChI=1S/C23H23N3O2S/c1-4-13-25-22(28)18-10-6-7-11-19(18)24-23(25)29-16(3)21(27)26-15(2)14-17-9-5-8-12-20(17)26/h4-12,15-16H,1,13-14H2,2-3H3/t15-,16-/m0/s1. The SMILES string of the molecule is C=CCn1c(S[C@@H](C)C(=O)N2c3ccccc3C[C@@H]2C)nc2ccccc2c1=O. The third-order valence-corrected chi connectivity index (χ3v) is 6.29. The predicted molar refractivity (Wildman–Crippen MR) is 119 cm³/mol. The Kier molecular flexibility index (Phi) is 5.28. The highest BCUT2D eigenvalue weighted by Gasteiger charge is 2.33. The molecule has 2 aromatic carbocycles. The Morgan fingerprint density at radius 1 is 1.28 bits per heavy atom. The lowest BCUT2D eigenvalue weighted by Gasteiger charge is -2.26. The van der Waals surface area contributed by atoms with Gasteiger partial charge in [0.25, 0.3) is 5.56 Å². The first kappa shape index (κ1) is 19.5. The summed E-state index contributed by atoms with van der Waals surface area (Å²) in [7, 11) is 0. The molecule has 0 spiro atoms. The lowest BCUT2D eigenvalue weighted by atomic mass is 10.1. The number of benzene rings is 2. The van der Waals surface area contributed by atoms with Crippen molar-refractivity contribution in [3.63, 3.8) is 0 Å². The van der Waals surface area contributed by atoms with Crippen LogP contribution in [0.2, 0.25) is 0 Å². The van der Waals surface area contributed by atoms with Crippen LogP contribution in [0.15, 0.2) is 71.1 Å². The van der Waals surface area contributed by atoms with E-state index in [1.165, 1.54) is 17.3 Å². The van der Waals surface area contributed by atoms with Crippen LogP contribution in [0.25, 0.3) is 10.9 Å². The summed E-state index contributed by atoms with van der Waals surface area (Å²) in [5.74, 6) is 0.0278. The summed E-state index contributed by atoms with van der Waals surface area (Å²) in [6, 6.07) is 15.4. The lowest BCUT2D eigenvalue weighted by Crippen LogP contribution is -2.40. The number of thioether (sulfide) groups is 1. The Morgan fingerprint density at radius 2 is 2.00 bits per heavy atom. The fourth-order valence-electron chi connectivity index (χ4n) is 3.83. The van der Waals surface area contributed by atoms with Crippen molar-refractivity contribution in [1.29, 1.82) is 0 Å². The van der Waals surface area contributed by atoms with E-state index in [1.807, 2.05) is 48.2 Å². The van der Waals surface area contributed by atoms with Gasteiger partial charge in [0, 0.05) is 18.3 Å². The fourth-order valence-corrected chi connectivity index (χ4v) is 4.80. The summed E-state index contributed by atoms with van der Waals surface area (Å²) in [4.78, 5) is 32.8. The van der Waals surface area contributed by atoms with Gasteiger partial charge in [0.15, 0.2) is 5.16 Å². The number of amides is 1. The average Bonchev–Trinajstić information content (AvgIpc) is 3.06. The maximum Gasteiger partial charge on any atom is 0.262 e. The molecule has 0 radical (unpaired) electrons. The van der Waals surface area contributed by atoms with E-state index in [0.717, 1.165) is 12.1 Å². The summed E-state index contributed by atoms with van der Waals surface area (Å²) in [5.41, 5.74) is 2.70. The zero-order valence-corrected chi connectivity index (χ0v) is 17.4. The smallest absolute Gasteiger partial charge is 0.262 e. The minimum atomic E-state index is -0.382. The van der Waals surface area contributed by atoms with Crippen LogP contribution in [0.1, 0.15) is 19.4 Å². The van der Waals surface area contributed by atoms with Crippen molar-refractivity contribution in [2.45, 2.75) is 43.3 Å². The first-order valence-electron chi connectivity index (χ1n) is 9.69. The van der Waals surface area contributed by atoms with Crippen molar-refractivity contribution >= 4 is 34.3 Å². The summed E-state index contributed by atoms with van der Waals surface area (Å²) >= 11 is 1.32. The second-order valence-corrected chi connectivity index (χ2v) is 8.57. The molecular weight excluding hydrogens is 382 g/mol. The third kappa shape index (κ3) is 3.49. The maximum absolute atomic E-state index is 13.3. The van der Waals surface area contributed by atoms with Crippen LogP contribution in [0, 0.1) is 0 Å². The molecule has 1 aliphatic heterocycles. The van der Waals surface area contributed by atoms with Crippen molar-refractivity contribution in [1.82, 2.24) is 9.55 Å². The molecule has 0 saturated carbocycles. The first-order chi connectivity index (χ1) is 14.0. The van der Waals surface area contributed by atoms with E-state index in [0.29, 0.717) is 22.6 Å². The summed E-state index contributed by atoms with van der Waals surface area (Å²) in [5, 5.41) is 0.724. The third-order valence-electron chi connectivity index (χ3n) is 5.21. The van der Waals surface area contributed by atoms with E-state index in [-0.39, 0.29) is 22.8 Å². The Bertz CT molecular complexity index is 1150. The molecule has 1 aliphatic rings. The summed E-state index contributed by atoms with van der Waals surface area (Å²) in [6.45, 7) is 8.05. The van der Waals surface area contributed by atoms with E-state index >= 15 is 0 Å². The molecule has 29 heavy (non-hydrogen) atoms. The molecule has 4 rings (SSSR count). The Hall–Kier alpha value is -2.86.